The third-order valence-electron chi connectivity index (χ3n) is 5.94. The van der Waals surface area contributed by atoms with Gasteiger partial charge < -0.3 is 15.0 Å². The molecule has 3 nitrogen and oxygen atoms in total. The molecule has 1 N–H and O–H groups in total. The summed E-state index contributed by atoms with van der Waals surface area (Å²) < 4.78 is 5.93. The molecule has 1 aliphatic carbocycles. The molecule has 27 heavy (non-hydrogen) atoms. The van der Waals surface area contributed by atoms with Gasteiger partial charge in [-0.2, -0.15) is 0 Å². The molecule has 2 aliphatic rings. The number of benzene rings is 2. The summed E-state index contributed by atoms with van der Waals surface area (Å²) in [6, 6.07) is 17.9. The number of rotatable bonds is 8. The predicted octanol–water partition coefficient (Wildman–Crippen LogP) is 4.72. The van der Waals surface area contributed by atoms with Crippen LogP contribution in [0.4, 0.5) is 0 Å². The maximum absolute atomic E-state index is 5.93. The van der Waals surface area contributed by atoms with Gasteiger partial charge in [-0.05, 0) is 74.0 Å². The first-order valence-corrected chi connectivity index (χ1v) is 10.6. The van der Waals surface area contributed by atoms with E-state index in [4.69, 9.17) is 4.74 Å². The summed E-state index contributed by atoms with van der Waals surface area (Å²) >= 11 is 0. The summed E-state index contributed by atoms with van der Waals surface area (Å²) in [5, 5.41) is 3.72. The van der Waals surface area contributed by atoms with Crippen LogP contribution in [0.1, 0.15) is 54.8 Å². The second-order valence-electron chi connectivity index (χ2n) is 7.92. The third kappa shape index (κ3) is 5.12. The smallest absolute Gasteiger partial charge is 0.119 e. The zero-order valence-corrected chi connectivity index (χ0v) is 16.3. The third-order valence-corrected chi connectivity index (χ3v) is 5.94. The molecule has 1 heterocycles. The van der Waals surface area contributed by atoms with E-state index in [1.165, 1.54) is 68.4 Å². The highest BCUT2D eigenvalue weighted by Gasteiger charge is 2.20. The van der Waals surface area contributed by atoms with Gasteiger partial charge in [-0.3, -0.25) is 0 Å². The minimum atomic E-state index is 0.493. The molecule has 0 amide bonds. The Morgan fingerprint density at radius 1 is 0.963 bits per heavy atom. The Bertz CT molecular complexity index is 707. The van der Waals surface area contributed by atoms with E-state index in [0.717, 1.165) is 25.3 Å². The van der Waals surface area contributed by atoms with Crippen molar-refractivity contribution in [1.82, 2.24) is 10.2 Å². The van der Waals surface area contributed by atoms with Gasteiger partial charge in [-0.25, -0.2) is 0 Å². The average molecular weight is 365 g/mol. The first-order valence-electron chi connectivity index (χ1n) is 10.6. The first-order chi connectivity index (χ1) is 13.4. The number of hydrogen-bond donors (Lipinski definition) is 1. The summed E-state index contributed by atoms with van der Waals surface area (Å²) in [6.07, 6.45) is 7.65. The van der Waals surface area contributed by atoms with E-state index in [9.17, 15) is 0 Å². The number of ether oxygens (including phenoxy) is 1. The standard InChI is InChI=1S/C24H32N2O/c1-4-15-26(16-5-1)17-6-18-27-22-12-9-20(10-13-22)19-25-24-14-11-21-7-2-3-8-23(21)24/h2-3,7-10,12-13,24-25H,1,4-6,11,14-19H2. The Balaban J connectivity index is 1.18. The molecule has 1 atom stereocenters. The number of fused-ring (bicyclic) bond motifs is 1. The number of likely N-dealkylation sites (tertiary alicyclic amines) is 1. The van der Waals surface area contributed by atoms with E-state index in [0.29, 0.717) is 6.04 Å². The highest BCUT2D eigenvalue weighted by molar-refractivity contribution is 5.34. The maximum Gasteiger partial charge on any atom is 0.119 e. The van der Waals surface area contributed by atoms with E-state index in [1.54, 1.807) is 0 Å². The molecule has 144 valence electrons. The van der Waals surface area contributed by atoms with Crippen LogP contribution in [-0.2, 0) is 13.0 Å². The zero-order chi connectivity index (χ0) is 18.3. The molecule has 2 aromatic rings. The van der Waals surface area contributed by atoms with Gasteiger partial charge in [0, 0.05) is 19.1 Å². The summed E-state index contributed by atoms with van der Waals surface area (Å²) in [6.45, 7) is 5.44. The molecule has 0 spiro atoms. The van der Waals surface area contributed by atoms with E-state index < -0.39 is 0 Å². The normalized spacial score (nSPS) is 19.8. The number of aryl methyl sites for hydroxylation is 1. The predicted molar refractivity (Wildman–Crippen MR) is 111 cm³/mol. The minimum Gasteiger partial charge on any atom is -0.494 e. The lowest BCUT2D eigenvalue weighted by atomic mass is 10.1. The fourth-order valence-electron chi connectivity index (χ4n) is 4.37. The molecule has 0 saturated carbocycles. The Hall–Kier alpha value is -1.84. The molecule has 3 heteroatoms. The van der Waals surface area contributed by atoms with Gasteiger partial charge in [0.05, 0.1) is 6.61 Å². The van der Waals surface area contributed by atoms with E-state index >= 15 is 0 Å². The molecule has 2 aromatic carbocycles. The average Bonchev–Trinajstić information content (AvgIpc) is 3.14. The van der Waals surface area contributed by atoms with E-state index in [-0.39, 0.29) is 0 Å². The monoisotopic (exact) mass is 364 g/mol. The fraction of sp³-hybridized carbons (Fsp3) is 0.500. The van der Waals surface area contributed by atoms with Crippen molar-refractivity contribution in [1.29, 1.82) is 0 Å². The maximum atomic E-state index is 5.93. The molecule has 1 saturated heterocycles. The van der Waals surface area contributed by atoms with Crippen molar-refractivity contribution >= 4 is 0 Å². The molecular formula is C24H32N2O. The van der Waals surface area contributed by atoms with Crippen LogP contribution in [-0.4, -0.2) is 31.1 Å². The van der Waals surface area contributed by atoms with Crippen molar-refractivity contribution in [2.24, 2.45) is 0 Å². The lowest BCUT2D eigenvalue weighted by Gasteiger charge is -2.26. The Morgan fingerprint density at radius 3 is 2.63 bits per heavy atom. The van der Waals surface area contributed by atoms with Crippen molar-refractivity contribution in [2.45, 2.75) is 51.1 Å². The highest BCUT2D eigenvalue weighted by Crippen LogP contribution is 2.30. The Labute approximate surface area is 163 Å². The molecule has 1 aliphatic heterocycles. The zero-order valence-electron chi connectivity index (χ0n) is 16.3. The number of piperidine rings is 1. The van der Waals surface area contributed by atoms with Crippen LogP contribution in [0.15, 0.2) is 48.5 Å². The van der Waals surface area contributed by atoms with Crippen LogP contribution in [0.3, 0.4) is 0 Å². The van der Waals surface area contributed by atoms with Gasteiger partial charge in [0.15, 0.2) is 0 Å². The van der Waals surface area contributed by atoms with Gasteiger partial charge in [0.2, 0.25) is 0 Å². The largest absolute Gasteiger partial charge is 0.494 e. The van der Waals surface area contributed by atoms with Crippen molar-refractivity contribution in [3.8, 4) is 5.75 Å². The molecule has 0 radical (unpaired) electrons. The van der Waals surface area contributed by atoms with Crippen molar-refractivity contribution in [3.05, 3.63) is 65.2 Å². The van der Waals surface area contributed by atoms with Crippen molar-refractivity contribution in [3.63, 3.8) is 0 Å². The Kier molecular flexibility index (Phi) is 6.44. The van der Waals surface area contributed by atoms with Crippen LogP contribution in [0.5, 0.6) is 5.75 Å². The van der Waals surface area contributed by atoms with Crippen LogP contribution in [0.25, 0.3) is 0 Å². The minimum absolute atomic E-state index is 0.493. The first kappa shape index (κ1) is 18.5. The summed E-state index contributed by atoms with van der Waals surface area (Å²) in [5.74, 6) is 0.989. The lowest BCUT2D eigenvalue weighted by Crippen LogP contribution is -2.31. The van der Waals surface area contributed by atoms with Crippen molar-refractivity contribution < 1.29 is 4.74 Å². The Morgan fingerprint density at radius 2 is 1.78 bits per heavy atom. The van der Waals surface area contributed by atoms with Crippen LogP contribution in [0.2, 0.25) is 0 Å². The van der Waals surface area contributed by atoms with E-state index in [1.807, 2.05) is 0 Å². The quantitative estimate of drug-likeness (QED) is 0.686. The fourth-order valence-corrected chi connectivity index (χ4v) is 4.37. The topological polar surface area (TPSA) is 24.5 Å². The molecule has 0 aromatic heterocycles. The van der Waals surface area contributed by atoms with Gasteiger partial charge in [-0.15, -0.1) is 0 Å². The second kappa shape index (κ2) is 9.38. The molecule has 1 fully saturated rings. The van der Waals surface area contributed by atoms with Gasteiger partial charge in [0.1, 0.15) is 5.75 Å². The van der Waals surface area contributed by atoms with Gasteiger partial charge >= 0.3 is 0 Å². The summed E-state index contributed by atoms with van der Waals surface area (Å²) in [7, 11) is 0. The number of hydrogen-bond acceptors (Lipinski definition) is 3. The second-order valence-corrected chi connectivity index (χ2v) is 7.92. The highest BCUT2D eigenvalue weighted by atomic mass is 16.5. The van der Waals surface area contributed by atoms with Crippen LogP contribution < -0.4 is 10.1 Å². The number of nitrogens with one attached hydrogen (secondary N) is 1. The molecule has 4 rings (SSSR count). The lowest BCUT2D eigenvalue weighted by molar-refractivity contribution is 0.205. The van der Waals surface area contributed by atoms with Gasteiger partial charge in [0.25, 0.3) is 0 Å². The SMILES string of the molecule is c1ccc2c(c1)CCC2NCc1ccc(OCCCN2CCCCC2)cc1. The molecular weight excluding hydrogens is 332 g/mol. The van der Waals surface area contributed by atoms with Crippen LogP contribution >= 0.6 is 0 Å². The summed E-state index contributed by atoms with van der Waals surface area (Å²) in [5.41, 5.74) is 4.30. The van der Waals surface area contributed by atoms with Crippen LogP contribution in [0, 0.1) is 0 Å². The van der Waals surface area contributed by atoms with Gasteiger partial charge in [-0.1, -0.05) is 42.8 Å². The summed E-state index contributed by atoms with van der Waals surface area (Å²) in [4.78, 5) is 2.57. The van der Waals surface area contributed by atoms with Crippen molar-refractivity contribution in [2.75, 3.05) is 26.2 Å². The number of nitrogens with zero attached hydrogens (tertiary/aromatic N) is 1. The molecule has 0 bridgehead atoms. The molecule has 1 unspecified atom stereocenters. The van der Waals surface area contributed by atoms with E-state index in [2.05, 4.69) is 58.7 Å².